The molecule has 0 spiro atoms. The standard InChI is InChI=1S/C26H46O21/c27-1-10-15(32)20(37)16(33)14(44-10)5-41-7-24(21(38)17(34)11(2-28)45-24)8-42-26(23(40)19(36)13(4-30)47-26)9-43-25(6-31)22(39)18(35)12(3-29)46-25/h10-23,27-40H,1-9H2/t10?,11-,12-,13-,14-,15-,16?,17+,18+,19+,20-,21?,22?,23?,24-,25-,26-/m1/s1. The number of rotatable bonds is 15. The number of aliphatic hydroxyl groups excluding tert-OH is 14. The topological polar surface area (TPSA) is 348 Å². The fourth-order valence-electron chi connectivity index (χ4n) is 6.10. The van der Waals surface area contributed by atoms with Crippen molar-refractivity contribution >= 4 is 0 Å². The molecule has 4 aliphatic heterocycles. The molecule has 14 N–H and O–H groups in total. The van der Waals surface area contributed by atoms with Gasteiger partial charge >= 0.3 is 0 Å². The van der Waals surface area contributed by atoms with Crippen LogP contribution in [0.5, 0.6) is 0 Å². The van der Waals surface area contributed by atoms with Gasteiger partial charge < -0.3 is 105 Å². The highest BCUT2D eigenvalue weighted by atomic mass is 16.8. The second-order valence-corrected chi connectivity index (χ2v) is 12.1. The van der Waals surface area contributed by atoms with Crippen molar-refractivity contribution in [3.8, 4) is 0 Å². The lowest BCUT2D eigenvalue weighted by Gasteiger charge is -2.41. The third kappa shape index (κ3) is 7.19. The van der Waals surface area contributed by atoms with E-state index in [-0.39, 0.29) is 0 Å². The van der Waals surface area contributed by atoms with Crippen LogP contribution in [0.25, 0.3) is 0 Å². The van der Waals surface area contributed by atoms with Gasteiger partial charge in [-0.3, -0.25) is 0 Å². The first-order valence-corrected chi connectivity index (χ1v) is 14.9. The van der Waals surface area contributed by atoms with Gasteiger partial charge in [0.05, 0.1) is 46.2 Å². The molecule has 5 unspecified atom stereocenters. The van der Waals surface area contributed by atoms with E-state index in [4.69, 9.17) is 33.2 Å². The normalized spacial score (nSPS) is 50.4. The van der Waals surface area contributed by atoms with Crippen LogP contribution in [-0.4, -0.2) is 234 Å². The minimum absolute atomic E-state index is 0.541. The van der Waals surface area contributed by atoms with Crippen LogP contribution >= 0.6 is 0 Å². The van der Waals surface area contributed by atoms with Crippen molar-refractivity contribution in [2.75, 3.05) is 59.5 Å². The molecule has 0 amide bonds. The summed E-state index contributed by atoms with van der Waals surface area (Å²) in [7, 11) is 0. The number of aliphatic hydroxyl groups is 14. The van der Waals surface area contributed by atoms with E-state index in [0.29, 0.717) is 0 Å². The summed E-state index contributed by atoms with van der Waals surface area (Å²) in [6, 6.07) is 0. The van der Waals surface area contributed by atoms with Gasteiger partial charge in [0.25, 0.3) is 0 Å². The van der Waals surface area contributed by atoms with Gasteiger partial charge in [0.1, 0.15) is 104 Å². The zero-order valence-electron chi connectivity index (χ0n) is 25.1. The first-order valence-electron chi connectivity index (χ1n) is 14.9. The quantitative estimate of drug-likeness (QED) is 0.0756. The molecule has 0 bridgehead atoms. The lowest BCUT2D eigenvalue weighted by atomic mass is 9.94. The second-order valence-electron chi connectivity index (χ2n) is 12.1. The molecule has 47 heavy (non-hydrogen) atoms. The van der Waals surface area contributed by atoms with Crippen LogP contribution in [0.2, 0.25) is 0 Å². The molecule has 276 valence electrons. The molecule has 0 aromatic rings. The molecule has 4 aliphatic rings. The Morgan fingerprint density at radius 1 is 0.447 bits per heavy atom. The second kappa shape index (κ2) is 15.6. The highest BCUT2D eigenvalue weighted by Crippen LogP contribution is 2.40. The number of hydrogen-bond donors (Lipinski definition) is 14. The van der Waals surface area contributed by atoms with Gasteiger partial charge in [-0.25, -0.2) is 0 Å². The van der Waals surface area contributed by atoms with Crippen molar-refractivity contribution in [2.45, 2.75) is 103 Å². The van der Waals surface area contributed by atoms with E-state index in [1.807, 2.05) is 0 Å². The van der Waals surface area contributed by atoms with Gasteiger partial charge in [0.2, 0.25) is 11.6 Å². The lowest BCUT2D eigenvalue weighted by Crippen LogP contribution is -2.60. The van der Waals surface area contributed by atoms with Crippen LogP contribution in [-0.2, 0) is 33.2 Å². The Hall–Kier alpha value is -0.840. The summed E-state index contributed by atoms with van der Waals surface area (Å²) in [6.07, 6.45) is -23.0. The average Bonchev–Trinajstić information content (AvgIpc) is 3.58. The molecular weight excluding hydrogens is 648 g/mol. The van der Waals surface area contributed by atoms with Crippen molar-refractivity contribution in [3.05, 3.63) is 0 Å². The molecular formula is C26H46O21. The Kier molecular flexibility index (Phi) is 12.9. The maximum Gasteiger partial charge on any atom is 0.222 e. The predicted molar refractivity (Wildman–Crippen MR) is 144 cm³/mol. The monoisotopic (exact) mass is 694 g/mol. The van der Waals surface area contributed by atoms with Gasteiger partial charge in [-0.05, 0) is 0 Å². The number of ether oxygens (including phenoxy) is 7. The summed E-state index contributed by atoms with van der Waals surface area (Å²) in [5, 5.41) is 143. The van der Waals surface area contributed by atoms with E-state index in [0.717, 1.165) is 0 Å². The molecule has 0 aromatic carbocycles. The Labute approximate surface area is 267 Å². The minimum Gasteiger partial charge on any atom is -0.394 e. The average molecular weight is 695 g/mol. The molecule has 0 radical (unpaired) electrons. The molecule has 4 heterocycles. The molecule has 17 atom stereocenters. The van der Waals surface area contributed by atoms with Crippen molar-refractivity contribution < 1.29 is 105 Å². The van der Waals surface area contributed by atoms with Crippen LogP contribution in [0.4, 0.5) is 0 Å². The fourth-order valence-corrected chi connectivity index (χ4v) is 6.10. The smallest absolute Gasteiger partial charge is 0.222 e. The van der Waals surface area contributed by atoms with Crippen LogP contribution in [0, 0.1) is 0 Å². The Bertz CT molecular complexity index is 994. The lowest BCUT2D eigenvalue weighted by molar-refractivity contribution is -0.348. The van der Waals surface area contributed by atoms with Crippen LogP contribution in [0.3, 0.4) is 0 Å². The molecule has 0 saturated carbocycles. The van der Waals surface area contributed by atoms with Crippen LogP contribution in [0.15, 0.2) is 0 Å². The van der Waals surface area contributed by atoms with Gasteiger partial charge in [-0.2, -0.15) is 0 Å². The largest absolute Gasteiger partial charge is 0.394 e. The maximum absolute atomic E-state index is 11.0. The molecule has 4 rings (SSSR count). The molecule has 4 saturated heterocycles. The molecule has 0 aliphatic carbocycles. The van der Waals surface area contributed by atoms with E-state index < -0.39 is 162 Å². The van der Waals surface area contributed by atoms with Crippen LogP contribution in [0.1, 0.15) is 0 Å². The van der Waals surface area contributed by atoms with E-state index in [1.54, 1.807) is 0 Å². The minimum atomic E-state index is -2.50. The molecule has 21 heteroatoms. The van der Waals surface area contributed by atoms with Crippen molar-refractivity contribution in [2.24, 2.45) is 0 Å². The van der Waals surface area contributed by atoms with Crippen molar-refractivity contribution in [3.63, 3.8) is 0 Å². The molecule has 21 nitrogen and oxygen atoms in total. The van der Waals surface area contributed by atoms with E-state index in [9.17, 15) is 71.5 Å². The summed E-state index contributed by atoms with van der Waals surface area (Å²) < 4.78 is 39.1. The maximum atomic E-state index is 11.0. The van der Waals surface area contributed by atoms with Gasteiger partial charge in [0.15, 0.2) is 0 Å². The van der Waals surface area contributed by atoms with E-state index >= 15 is 0 Å². The first kappa shape index (κ1) is 39.0. The molecule has 4 fully saturated rings. The highest BCUT2D eigenvalue weighted by Gasteiger charge is 2.62. The highest BCUT2D eigenvalue weighted by molar-refractivity contribution is 5.05. The summed E-state index contributed by atoms with van der Waals surface area (Å²) in [5.41, 5.74) is -2.12. The van der Waals surface area contributed by atoms with E-state index in [1.165, 1.54) is 0 Å². The van der Waals surface area contributed by atoms with Gasteiger partial charge in [-0.15, -0.1) is 0 Å². The first-order chi connectivity index (χ1) is 22.2. The Morgan fingerprint density at radius 2 is 0.915 bits per heavy atom. The SMILES string of the molecule is OCC1O[C@H](COC[C@]2(CO[C@]3(CO[C@]4(CO)O[C@H](CO)[C@H](O)C4O)O[C@H](CO)[C@H](O)C3O)O[C@H](CO)[C@H](O)C2O)C(O)[C@H](O)[C@@H]1O. The number of hydrogen-bond acceptors (Lipinski definition) is 21. The Balaban J connectivity index is 1.56. The summed E-state index contributed by atoms with van der Waals surface area (Å²) in [4.78, 5) is 0. The summed E-state index contributed by atoms with van der Waals surface area (Å²) in [5.74, 6) is -4.90. The Morgan fingerprint density at radius 3 is 1.43 bits per heavy atom. The predicted octanol–water partition coefficient (Wildman–Crippen LogP) is -9.66. The van der Waals surface area contributed by atoms with Crippen LogP contribution < -0.4 is 0 Å². The molecule has 0 aromatic heterocycles. The zero-order valence-corrected chi connectivity index (χ0v) is 25.1. The summed E-state index contributed by atoms with van der Waals surface area (Å²) >= 11 is 0. The van der Waals surface area contributed by atoms with E-state index in [2.05, 4.69) is 0 Å². The van der Waals surface area contributed by atoms with Gasteiger partial charge in [0, 0.05) is 0 Å². The third-order valence-corrected chi connectivity index (χ3v) is 9.10. The van der Waals surface area contributed by atoms with Crippen molar-refractivity contribution in [1.29, 1.82) is 0 Å². The third-order valence-electron chi connectivity index (χ3n) is 9.10. The van der Waals surface area contributed by atoms with Crippen molar-refractivity contribution in [1.82, 2.24) is 0 Å². The van der Waals surface area contributed by atoms with Gasteiger partial charge in [-0.1, -0.05) is 0 Å². The zero-order chi connectivity index (χ0) is 34.9. The summed E-state index contributed by atoms with van der Waals surface area (Å²) in [6.45, 7) is -7.38. The fraction of sp³-hybridized carbons (Fsp3) is 1.00.